The molecule has 1 aliphatic heterocycles. The summed E-state index contributed by atoms with van der Waals surface area (Å²) in [5, 5.41) is 0. The van der Waals surface area contributed by atoms with Gasteiger partial charge in [-0.1, -0.05) is 0 Å². The molecule has 0 aromatic heterocycles. The predicted octanol–water partition coefficient (Wildman–Crippen LogP) is 1.72. The highest BCUT2D eigenvalue weighted by Crippen LogP contribution is 2.09. The maximum absolute atomic E-state index is 5.52. The number of rotatable bonds is 0. The molecule has 0 amide bonds. The fourth-order valence-corrected chi connectivity index (χ4v) is 1.09. The fraction of sp³-hybridized carbons (Fsp3) is 0.250. The van der Waals surface area contributed by atoms with Crippen LogP contribution in [-0.4, -0.2) is 17.3 Å². The molecule has 0 radical (unpaired) electrons. The molecular formula is C4H4BrClN2. The van der Waals surface area contributed by atoms with Gasteiger partial charge in [-0.05, 0) is 15.9 Å². The Labute approximate surface area is 61.1 Å². The third-order valence-corrected chi connectivity index (χ3v) is 1.31. The van der Waals surface area contributed by atoms with Gasteiger partial charge in [0, 0.05) is 24.2 Å². The van der Waals surface area contributed by atoms with Crippen molar-refractivity contribution < 1.29 is 0 Å². The van der Waals surface area contributed by atoms with Crippen molar-refractivity contribution in [1.29, 1.82) is 0 Å². The molecule has 8 heavy (non-hydrogen) atoms. The van der Waals surface area contributed by atoms with Crippen LogP contribution in [0, 0.1) is 0 Å². The first-order chi connectivity index (χ1) is 3.79. The predicted molar refractivity (Wildman–Crippen MR) is 38.1 cm³/mol. The average Bonchev–Trinajstić information content (AvgIpc) is 1.64. The fourth-order valence-electron chi connectivity index (χ4n) is 0.414. The molecule has 1 heterocycles. The highest BCUT2D eigenvalue weighted by Gasteiger charge is 1.97. The molecule has 1 rings (SSSR count). The Morgan fingerprint density at radius 2 is 2.62 bits per heavy atom. The van der Waals surface area contributed by atoms with Crippen LogP contribution < -0.4 is 0 Å². The van der Waals surface area contributed by atoms with Crippen LogP contribution in [-0.2, 0) is 0 Å². The van der Waals surface area contributed by atoms with E-state index < -0.39 is 0 Å². The SMILES string of the molecule is ClN1C=C(Br)C=NC1. The zero-order valence-corrected chi connectivity index (χ0v) is 6.35. The highest BCUT2D eigenvalue weighted by molar-refractivity contribution is 9.12. The molecule has 0 unspecified atom stereocenters. The first-order valence-corrected chi connectivity index (χ1v) is 3.22. The van der Waals surface area contributed by atoms with Gasteiger partial charge in [-0.25, -0.2) is 0 Å². The van der Waals surface area contributed by atoms with E-state index in [0.717, 1.165) is 4.48 Å². The molecule has 0 bridgehead atoms. The summed E-state index contributed by atoms with van der Waals surface area (Å²) >= 11 is 8.74. The Morgan fingerprint density at radius 3 is 3.00 bits per heavy atom. The van der Waals surface area contributed by atoms with Crippen LogP contribution in [0.1, 0.15) is 0 Å². The molecule has 1 aliphatic rings. The van der Waals surface area contributed by atoms with E-state index >= 15 is 0 Å². The van der Waals surface area contributed by atoms with E-state index in [1.165, 1.54) is 4.42 Å². The minimum Gasteiger partial charge on any atom is -0.270 e. The van der Waals surface area contributed by atoms with Gasteiger partial charge in [0.2, 0.25) is 0 Å². The van der Waals surface area contributed by atoms with Crippen LogP contribution in [0.5, 0.6) is 0 Å². The van der Waals surface area contributed by atoms with Crippen LogP contribution in [0.15, 0.2) is 15.7 Å². The van der Waals surface area contributed by atoms with Gasteiger partial charge in [0.15, 0.2) is 0 Å². The third kappa shape index (κ3) is 1.49. The topological polar surface area (TPSA) is 15.6 Å². The van der Waals surface area contributed by atoms with Gasteiger partial charge in [-0.15, -0.1) is 0 Å². The molecule has 0 N–H and O–H groups in total. The van der Waals surface area contributed by atoms with Crippen molar-refractivity contribution in [1.82, 2.24) is 4.42 Å². The Hall–Kier alpha value is -0.0200. The quantitative estimate of drug-likeness (QED) is 0.538. The lowest BCUT2D eigenvalue weighted by Gasteiger charge is -2.09. The normalized spacial score (nSPS) is 18.8. The second kappa shape index (κ2) is 2.51. The first kappa shape index (κ1) is 6.11. The summed E-state index contributed by atoms with van der Waals surface area (Å²) in [5.74, 6) is 0. The molecule has 0 saturated carbocycles. The average molecular weight is 195 g/mol. The number of aliphatic imine (C=N–C) groups is 1. The summed E-state index contributed by atoms with van der Waals surface area (Å²) in [4.78, 5) is 3.89. The lowest BCUT2D eigenvalue weighted by atomic mass is 10.6. The van der Waals surface area contributed by atoms with Crippen molar-refractivity contribution in [3.8, 4) is 0 Å². The molecule has 0 spiro atoms. The number of nitrogens with zero attached hydrogens (tertiary/aromatic N) is 2. The maximum atomic E-state index is 5.52. The van der Waals surface area contributed by atoms with Gasteiger partial charge in [0.25, 0.3) is 0 Å². The summed E-state index contributed by atoms with van der Waals surface area (Å²) in [7, 11) is 0. The van der Waals surface area contributed by atoms with E-state index in [1.54, 1.807) is 12.4 Å². The van der Waals surface area contributed by atoms with Crippen LogP contribution in [0.25, 0.3) is 0 Å². The maximum Gasteiger partial charge on any atom is 0.125 e. The van der Waals surface area contributed by atoms with Crippen molar-refractivity contribution in [3.05, 3.63) is 10.7 Å². The smallest absolute Gasteiger partial charge is 0.125 e. The van der Waals surface area contributed by atoms with Crippen LogP contribution in [0.3, 0.4) is 0 Å². The summed E-state index contributed by atoms with van der Waals surface area (Å²) < 4.78 is 2.38. The molecule has 0 saturated heterocycles. The van der Waals surface area contributed by atoms with Gasteiger partial charge in [0.05, 0.1) is 4.48 Å². The van der Waals surface area contributed by atoms with E-state index in [2.05, 4.69) is 20.9 Å². The van der Waals surface area contributed by atoms with Gasteiger partial charge >= 0.3 is 0 Å². The summed E-state index contributed by atoms with van der Waals surface area (Å²) in [6.07, 6.45) is 3.48. The lowest BCUT2D eigenvalue weighted by Crippen LogP contribution is -2.07. The number of allylic oxidation sites excluding steroid dienone is 1. The van der Waals surface area contributed by atoms with Crippen LogP contribution in [0.4, 0.5) is 0 Å². The van der Waals surface area contributed by atoms with Crippen molar-refractivity contribution in [3.63, 3.8) is 0 Å². The Balaban J connectivity index is 2.63. The molecule has 0 aliphatic carbocycles. The zero-order chi connectivity index (χ0) is 5.98. The van der Waals surface area contributed by atoms with Gasteiger partial charge in [-0.3, -0.25) is 9.41 Å². The van der Waals surface area contributed by atoms with Crippen LogP contribution >= 0.6 is 27.7 Å². The zero-order valence-electron chi connectivity index (χ0n) is 4.01. The van der Waals surface area contributed by atoms with E-state index in [-0.39, 0.29) is 0 Å². The molecule has 0 aromatic rings. The molecule has 4 heteroatoms. The molecule has 44 valence electrons. The van der Waals surface area contributed by atoms with Crippen molar-refractivity contribution in [2.75, 3.05) is 6.67 Å². The van der Waals surface area contributed by atoms with Gasteiger partial charge in [-0.2, -0.15) is 0 Å². The number of halogens is 2. The number of hydrogen-bond acceptors (Lipinski definition) is 2. The largest absolute Gasteiger partial charge is 0.270 e. The summed E-state index contributed by atoms with van der Waals surface area (Å²) in [6.45, 7) is 0.538. The first-order valence-electron chi connectivity index (χ1n) is 2.08. The lowest BCUT2D eigenvalue weighted by molar-refractivity contribution is 0.618. The molecule has 0 atom stereocenters. The van der Waals surface area contributed by atoms with Crippen LogP contribution in [0.2, 0.25) is 0 Å². The monoisotopic (exact) mass is 194 g/mol. The van der Waals surface area contributed by atoms with Gasteiger partial charge < -0.3 is 0 Å². The Morgan fingerprint density at radius 1 is 1.88 bits per heavy atom. The second-order valence-corrected chi connectivity index (χ2v) is 2.72. The van der Waals surface area contributed by atoms with E-state index in [1.807, 2.05) is 0 Å². The van der Waals surface area contributed by atoms with E-state index in [9.17, 15) is 0 Å². The van der Waals surface area contributed by atoms with Crippen molar-refractivity contribution >= 4 is 33.9 Å². The minimum absolute atomic E-state index is 0.538. The minimum atomic E-state index is 0.538. The number of hydrogen-bond donors (Lipinski definition) is 0. The van der Waals surface area contributed by atoms with Crippen molar-refractivity contribution in [2.24, 2.45) is 4.99 Å². The van der Waals surface area contributed by atoms with Gasteiger partial charge in [0.1, 0.15) is 6.67 Å². The van der Waals surface area contributed by atoms with E-state index in [4.69, 9.17) is 11.8 Å². The molecule has 0 aromatic carbocycles. The molecule has 2 nitrogen and oxygen atoms in total. The highest BCUT2D eigenvalue weighted by atomic mass is 79.9. The van der Waals surface area contributed by atoms with Crippen molar-refractivity contribution in [2.45, 2.75) is 0 Å². The Kier molecular flexibility index (Phi) is 1.91. The molecule has 0 fully saturated rings. The standard InChI is InChI=1S/C4H4BrClN2/c5-4-1-7-3-8(6)2-4/h1-2H,3H2. The van der Waals surface area contributed by atoms with E-state index in [0.29, 0.717) is 6.67 Å². The summed E-state index contributed by atoms with van der Waals surface area (Å²) in [6, 6.07) is 0. The Bertz CT molecular complexity index is 143. The third-order valence-electron chi connectivity index (χ3n) is 0.695. The molecular weight excluding hydrogens is 191 g/mol. The summed E-state index contributed by atoms with van der Waals surface area (Å²) in [5.41, 5.74) is 0. The second-order valence-electron chi connectivity index (χ2n) is 1.37.